The van der Waals surface area contributed by atoms with Gasteiger partial charge in [-0.1, -0.05) is 43.3 Å². The van der Waals surface area contributed by atoms with Crippen LogP contribution in [0.4, 0.5) is 14.9 Å². The van der Waals surface area contributed by atoms with Gasteiger partial charge in [-0.25, -0.2) is 9.18 Å². The number of urea groups is 1. The molecule has 0 heterocycles. The van der Waals surface area contributed by atoms with Crippen LogP contribution in [0.5, 0.6) is 0 Å². The molecule has 1 aliphatic carbocycles. The van der Waals surface area contributed by atoms with Gasteiger partial charge < -0.3 is 15.5 Å². The number of carbonyl (C=O) groups is 2. The summed E-state index contributed by atoms with van der Waals surface area (Å²) < 4.78 is 13.8. The molecule has 3 rings (SSSR count). The number of hydrogen-bond acceptors (Lipinski definition) is 2. The van der Waals surface area contributed by atoms with Crippen LogP contribution in [0.15, 0.2) is 48.5 Å². The monoisotopic (exact) mass is 397 g/mol. The van der Waals surface area contributed by atoms with Gasteiger partial charge in [0.25, 0.3) is 0 Å². The molecule has 29 heavy (non-hydrogen) atoms. The van der Waals surface area contributed by atoms with E-state index in [9.17, 15) is 14.0 Å². The molecule has 0 aromatic heterocycles. The smallest absolute Gasteiger partial charge is 0.321 e. The molecule has 0 aliphatic heterocycles. The Morgan fingerprint density at radius 2 is 1.86 bits per heavy atom. The van der Waals surface area contributed by atoms with E-state index in [1.165, 1.54) is 23.3 Å². The lowest BCUT2D eigenvalue weighted by Crippen LogP contribution is -2.39. The number of hydrogen-bond donors (Lipinski definition) is 2. The molecule has 5 nitrogen and oxygen atoms in total. The Hall–Kier alpha value is -2.89. The largest absolute Gasteiger partial charge is 0.349 e. The topological polar surface area (TPSA) is 61.4 Å². The van der Waals surface area contributed by atoms with Gasteiger partial charge in [0.05, 0.1) is 11.7 Å². The van der Waals surface area contributed by atoms with Gasteiger partial charge in [0, 0.05) is 19.5 Å². The highest BCUT2D eigenvalue weighted by Gasteiger charge is 2.22. The number of nitrogens with one attached hydrogen (secondary N) is 2. The zero-order chi connectivity index (χ0) is 20.6. The number of nitrogens with zero attached hydrogens (tertiary/aromatic N) is 1. The second kappa shape index (κ2) is 10.0. The lowest BCUT2D eigenvalue weighted by molar-refractivity contribution is -0.122. The highest BCUT2D eigenvalue weighted by molar-refractivity contribution is 5.89. The van der Waals surface area contributed by atoms with Gasteiger partial charge in [0.15, 0.2) is 0 Å². The van der Waals surface area contributed by atoms with Crippen LogP contribution in [-0.4, -0.2) is 29.9 Å². The molecule has 0 saturated heterocycles. The van der Waals surface area contributed by atoms with Crippen molar-refractivity contribution in [3.63, 3.8) is 0 Å². The van der Waals surface area contributed by atoms with E-state index in [2.05, 4.69) is 22.8 Å². The molecule has 0 fully saturated rings. The Kier molecular flexibility index (Phi) is 7.22. The summed E-state index contributed by atoms with van der Waals surface area (Å²) in [6.45, 7) is 2.75. The fourth-order valence-corrected chi connectivity index (χ4v) is 3.75. The van der Waals surface area contributed by atoms with Crippen molar-refractivity contribution in [3.05, 3.63) is 65.5 Å². The van der Waals surface area contributed by atoms with Gasteiger partial charge >= 0.3 is 6.03 Å². The summed E-state index contributed by atoms with van der Waals surface area (Å²) >= 11 is 0. The predicted molar refractivity (Wildman–Crippen MR) is 112 cm³/mol. The molecule has 2 N–H and O–H groups in total. The second-order valence-electron chi connectivity index (χ2n) is 7.36. The van der Waals surface area contributed by atoms with Gasteiger partial charge in [-0.05, 0) is 48.9 Å². The third kappa shape index (κ3) is 5.56. The molecule has 0 radical (unpaired) electrons. The summed E-state index contributed by atoms with van der Waals surface area (Å²) in [7, 11) is 0. The fraction of sp³-hybridized carbons (Fsp3) is 0.391. The molecule has 0 saturated carbocycles. The van der Waals surface area contributed by atoms with Crippen LogP contribution in [0.3, 0.4) is 0 Å². The molecular formula is C23H28FN3O2. The Labute approximate surface area is 171 Å². The quantitative estimate of drug-likeness (QED) is 0.714. The van der Waals surface area contributed by atoms with E-state index in [-0.39, 0.29) is 30.6 Å². The minimum Gasteiger partial charge on any atom is -0.349 e. The summed E-state index contributed by atoms with van der Waals surface area (Å²) in [6, 6.07) is 13.9. The average molecular weight is 397 g/mol. The Bertz CT molecular complexity index is 856. The maximum absolute atomic E-state index is 13.8. The molecule has 1 aliphatic rings. The van der Waals surface area contributed by atoms with Crippen molar-refractivity contribution in [2.75, 3.05) is 18.4 Å². The van der Waals surface area contributed by atoms with E-state index < -0.39 is 11.8 Å². The van der Waals surface area contributed by atoms with E-state index in [4.69, 9.17) is 0 Å². The number of benzene rings is 2. The molecule has 1 atom stereocenters. The maximum atomic E-state index is 13.8. The Balaban J connectivity index is 1.55. The summed E-state index contributed by atoms with van der Waals surface area (Å²) in [5, 5.41) is 5.71. The van der Waals surface area contributed by atoms with Gasteiger partial charge in [-0.3, -0.25) is 4.79 Å². The fourth-order valence-electron chi connectivity index (χ4n) is 3.75. The number of halogens is 1. The summed E-state index contributed by atoms with van der Waals surface area (Å²) in [5.74, 6) is -0.558. The molecule has 0 spiro atoms. The van der Waals surface area contributed by atoms with Crippen molar-refractivity contribution >= 4 is 17.6 Å². The lowest BCUT2D eigenvalue weighted by Gasteiger charge is -2.27. The van der Waals surface area contributed by atoms with E-state index in [0.717, 1.165) is 25.7 Å². The van der Waals surface area contributed by atoms with Crippen molar-refractivity contribution in [1.29, 1.82) is 0 Å². The standard InChI is InChI=1S/C23H28FN3O2/c1-2-15-27(23(29)26-21-12-6-5-11-19(21)24)16-14-22(28)25-20-13-7-9-17-8-3-4-10-18(17)20/h3-6,8,10-12,20H,2,7,9,13-16H2,1H3,(H,25,28)(H,26,29). The normalized spacial score (nSPS) is 15.3. The van der Waals surface area contributed by atoms with Crippen LogP contribution in [0, 0.1) is 5.82 Å². The second-order valence-corrected chi connectivity index (χ2v) is 7.36. The number of para-hydroxylation sites is 1. The number of aryl methyl sites for hydroxylation is 1. The van der Waals surface area contributed by atoms with Crippen molar-refractivity contribution < 1.29 is 14.0 Å². The first-order chi connectivity index (χ1) is 14.1. The molecule has 154 valence electrons. The molecule has 6 heteroatoms. The van der Waals surface area contributed by atoms with Crippen LogP contribution in [0.1, 0.15) is 49.8 Å². The number of rotatable bonds is 7. The van der Waals surface area contributed by atoms with Crippen molar-refractivity contribution in [1.82, 2.24) is 10.2 Å². The van der Waals surface area contributed by atoms with Gasteiger partial charge in [0.1, 0.15) is 5.82 Å². The third-order valence-electron chi connectivity index (χ3n) is 5.21. The maximum Gasteiger partial charge on any atom is 0.321 e. The molecule has 2 aromatic rings. The highest BCUT2D eigenvalue weighted by Crippen LogP contribution is 2.29. The van der Waals surface area contributed by atoms with E-state index in [1.54, 1.807) is 17.0 Å². The summed E-state index contributed by atoms with van der Waals surface area (Å²) in [4.78, 5) is 26.6. The van der Waals surface area contributed by atoms with Crippen LogP contribution < -0.4 is 10.6 Å². The van der Waals surface area contributed by atoms with Crippen LogP contribution in [-0.2, 0) is 11.2 Å². The van der Waals surface area contributed by atoms with Gasteiger partial charge in [0.2, 0.25) is 5.91 Å². The predicted octanol–water partition coefficient (Wildman–Crippen LogP) is 4.65. The van der Waals surface area contributed by atoms with Gasteiger partial charge in [-0.2, -0.15) is 0 Å². The molecule has 3 amide bonds. The number of amides is 3. The SMILES string of the molecule is CCCN(CCC(=O)NC1CCCc2ccccc21)C(=O)Nc1ccccc1F. The first-order valence-corrected chi connectivity index (χ1v) is 10.3. The van der Waals surface area contributed by atoms with Crippen LogP contribution in [0.2, 0.25) is 0 Å². The zero-order valence-corrected chi connectivity index (χ0v) is 16.8. The van der Waals surface area contributed by atoms with E-state index >= 15 is 0 Å². The number of anilines is 1. The lowest BCUT2D eigenvalue weighted by atomic mass is 9.87. The summed E-state index contributed by atoms with van der Waals surface area (Å²) in [6.07, 6.45) is 3.98. The van der Waals surface area contributed by atoms with Crippen molar-refractivity contribution in [3.8, 4) is 0 Å². The van der Waals surface area contributed by atoms with Crippen LogP contribution >= 0.6 is 0 Å². The number of fused-ring (bicyclic) bond motifs is 1. The molecular weight excluding hydrogens is 369 g/mol. The first kappa shape index (κ1) is 20.8. The van der Waals surface area contributed by atoms with Crippen LogP contribution in [0.25, 0.3) is 0 Å². The Morgan fingerprint density at radius 3 is 2.66 bits per heavy atom. The molecule has 1 unspecified atom stereocenters. The van der Waals surface area contributed by atoms with E-state index in [0.29, 0.717) is 6.54 Å². The summed E-state index contributed by atoms with van der Waals surface area (Å²) in [5.41, 5.74) is 2.62. The first-order valence-electron chi connectivity index (χ1n) is 10.3. The molecule has 0 bridgehead atoms. The van der Waals surface area contributed by atoms with E-state index in [1.807, 2.05) is 19.1 Å². The highest BCUT2D eigenvalue weighted by atomic mass is 19.1. The Morgan fingerprint density at radius 1 is 1.10 bits per heavy atom. The number of carbonyl (C=O) groups excluding carboxylic acids is 2. The van der Waals surface area contributed by atoms with Crippen molar-refractivity contribution in [2.24, 2.45) is 0 Å². The van der Waals surface area contributed by atoms with Gasteiger partial charge in [-0.15, -0.1) is 0 Å². The zero-order valence-electron chi connectivity index (χ0n) is 16.8. The average Bonchev–Trinajstić information content (AvgIpc) is 2.73. The van der Waals surface area contributed by atoms with Crippen molar-refractivity contribution in [2.45, 2.75) is 45.1 Å². The third-order valence-corrected chi connectivity index (χ3v) is 5.21. The minimum atomic E-state index is -0.481. The minimum absolute atomic E-state index is 0.0271. The molecule has 2 aromatic carbocycles.